The fourth-order valence-corrected chi connectivity index (χ4v) is 2.35. The summed E-state index contributed by atoms with van der Waals surface area (Å²) >= 11 is 1.47. The van der Waals surface area contributed by atoms with Crippen molar-refractivity contribution in [3.8, 4) is 5.82 Å². The van der Waals surface area contributed by atoms with Crippen molar-refractivity contribution in [1.82, 2.24) is 14.5 Å². The number of nitrogens with zero attached hydrogens (tertiary/aromatic N) is 4. The number of amides is 1. The zero-order valence-electron chi connectivity index (χ0n) is 12.3. The molecule has 0 aromatic carbocycles. The van der Waals surface area contributed by atoms with E-state index < -0.39 is 5.41 Å². The Balaban J connectivity index is 2.57. The maximum Gasteiger partial charge on any atom is 0.253 e. The summed E-state index contributed by atoms with van der Waals surface area (Å²) in [5, 5.41) is 0. The number of carbonyl (C=O) groups excluding carboxylic acids is 1. The van der Waals surface area contributed by atoms with E-state index in [2.05, 4.69) is 15.0 Å². The molecule has 5 nitrogen and oxygen atoms in total. The van der Waals surface area contributed by atoms with Gasteiger partial charge in [0.05, 0.1) is 0 Å². The van der Waals surface area contributed by atoms with E-state index in [0.29, 0.717) is 10.6 Å². The third kappa shape index (κ3) is 3.19. The van der Waals surface area contributed by atoms with Crippen molar-refractivity contribution in [1.29, 1.82) is 0 Å². The van der Waals surface area contributed by atoms with Gasteiger partial charge in [-0.15, -0.1) is 11.3 Å². The quantitative estimate of drug-likeness (QED) is 0.810. The zero-order chi connectivity index (χ0) is 14.9. The van der Waals surface area contributed by atoms with Crippen molar-refractivity contribution in [3.05, 3.63) is 34.0 Å². The van der Waals surface area contributed by atoms with E-state index in [4.69, 9.17) is 0 Å². The Morgan fingerprint density at radius 3 is 2.65 bits per heavy atom. The summed E-state index contributed by atoms with van der Waals surface area (Å²) in [6.45, 7) is 9.39. The minimum atomic E-state index is -0.489. The van der Waals surface area contributed by atoms with Gasteiger partial charge in [0.1, 0.15) is 11.6 Å². The lowest BCUT2D eigenvalue weighted by Crippen LogP contribution is -2.23. The molecule has 1 amide bonds. The number of aryl methyl sites for hydroxylation is 2. The zero-order valence-corrected chi connectivity index (χ0v) is 13.2. The molecule has 0 fully saturated rings. The summed E-state index contributed by atoms with van der Waals surface area (Å²) in [5.74, 6) is 1.27. The summed E-state index contributed by atoms with van der Waals surface area (Å²) in [7, 11) is 0. The number of hydrogen-bond acceptors (Lipinski definition) is 4. The molecular formula is C14H18N4OS. The second-order valence-corrected chi connectivity index (χ2v) is 6.84. The van der Waals surface area contributed by atoms with Crippen LogP contribution in [0.25, 0.3) is 5.82 Å². The fraction of sp³-hybridized carbons (Fsp3) is 0.429. The summed E-state index contributed by atoms with van der Waals surface area (Å²) < 4.78 is 1.83. The van der Waals surface area contributed by atoms with Gasteiger partial charge in [-0.25, -0.2) is 9.97 Å². The average molecular weight is 290 g/mol. The van der Waals surface area contributed by atoms with Crippen LogP contribution in [0.3, 0.4) is 0 Å². The molecule has 2 aromatic heterocycles. The first kappa shape index (κ1) is 14.6. The molecule has 20 heavy (non-hydrogen) atoms. The van der Waals surface area contributed by atoms with Crippen LogP contribution in [-0.4, -0.2) is 20.4 Å². The monoisotopic (exact) mass is 290 g/mol. The van der Waals surface area contributed by atoms with E-state index in [-0.39, 0.29) is 5.91 Å². The molecule has 6 heteroatoms. The maximum absolute atomic E-state index is 12.1. The van der Waals surface area contributed by atoms with Crippen LogP contribution in [-0.2, 0) is 4.79 Å². The van der Waals surface area contributed by atoms with Crippen molar-refractivity contribution in [2.45, 2.75) is 34.6 Å². The number of thiazole rings is 1. The van der Waals surface area contributed by atoms with Crippen LogP contribution in [0, 0.1) is 19.3 Å². The maximum atomic E-state index is 12.1. The molecule has 2 heterocycles. The van der Waals surface area contributed by atoms with Gasteiger partial charge in [-0.2, -0.15) is 4.99 Å². The minimum absolute atomic E-state index is 0.140. The molecule has 106 valence electrons. The van der Waals surface area contributed by atoms with E-state index in [1.54, 1.807) is 12.3 Å². The second-order valence-electron chi connectivity index (χ2n) is 5.62. The molecule has 0 saturated carbocycles. The van der Waals surface area contributed by atoms with Crippen LogP contribution in [0.15, 0.2) is 23.5 Å². The first-order valence-electron chi connectivity index (χ1n) is 6.35. The first-order chi connectivity index (χ1) is 9.27. The van der Waals surface area contributed by atoms with Gasteiger partial charge in [-0.05, 0) is 19.9 Å². The Bertz CT molecular complexity index is 706. The molecule has 0 unspecified atom stereocenters. The van der Waals surface area contributed by atoms with Gasteiger partial charge >= 0.3 is 0 Å². The van der Waals surface area contributed by atoms with E-state index in [1.807, 2.05) is 45.4 Å². The predicted molar refractivity (Wildman–Crippen MR) is 78.7 cm³/mol. The summed E-state index contributed by atoms with van der Waals surface area (Å²) in [6.07, 6.45) is 3.63. The van der Waals surface area contributed by atoms with Crippen LogP contribution in [0.2, 0.25) is 0 Å². The Labute approximate surface area is 122 Å². The molecule has 0 saturated heterocycles. The van der Waals surface area contributed by atoms with Crippen molar-refractivity contribution in [2.75, 3.05) is 0 Å². The first-order valence-corrected chi connectivity index (χ1v) is 7.17. The fourth-order valence-electron chi connectivity index (χ4n) is 1.53. The summed E-state index contributed by atoms with van der Waals surface area (Å²) in [6, 6.07) is 1.81. The van der Waals surface area contributed by atoms with Gasteiger partial charge in [0, 0.05) is 22.7 Å². The van der Waals surface area contributed by atoms with Crippen molar-refractivity contribution < 1.29 is 4.79 Å². The topological polar surface area (TPSA) is 60.1 Å². The van der Waals surface area contributed by atoms with E-state index >= 15 is 0 Å². The lowest BCUT2D eigenvalue weighted by molar-refractivity contribution is -0.125. The number of hydrogen-bond donors (Lipinski definition) is 0. The third-order valence-corrected chi connectivity index (χ3v) is 3.51. The molecular weight excluding hydrogens is 272 g/mol. The van der Waals surface area contributed by atoms with E-state index in [1.165, 1.54) is 11.3 Å². The van der Waals surface area contributed by atoms with Gasteiger partial charge < -0.3 is 0 Å². The number of rotatable bonds is 1. The Morgan fingerprint density at radius 2 is 2.05 bits per heavy atom. The number of aromatic nitrogens is 3. The van der Waals surface area contributed by atoms with Crippen LogP contribution in [0.4, 0.5) is 0 Å². The van der Waals surface area contributed by atoms with Gasteiger partial charge in [0.25, 0.3) is 5.91 Å². The highest BCUT2D eigenvalue weighted by Crippen LogP contribution is 2.15. The average Bonchev–Trinajstić information content (AvgIpc) is 2.69. The van der Waals surface area contributed by atoms with Gasteiger partial charge in [0.15, 0.2) is 4.80 Å². The summed E-state index contributed by atoms with van der Waals surface area (Å²) in [5.41, 5.74) is -0.489. The molecule has 0 atom stereocenters. The molecule has 0 aliphatic carbocycles. The lowest BCUT2D eigenvalue weighted by Gasteiger charge is -2.11. The Morgan fingerprint density at radius 1 is 1.35 bits per heavy atom. The van der Waals surface area contributed by atoms with E-state index in [0.717, 1.165) is 10.7 Å². The van der Waals surface area contributed by atoms with Crippen LogP contribution in [0.1, 0.15) is 31.5 Å². The molecule has 2 rings (SSSR count). The second kappa shape index (κ2) is 5.28. The molecule has 0 spiro atoms. The van der Waals surface area contributed by atoms with Crippen molar-refractivity contribution in [3.63, 3.8) is 0 Å². The van der Waals surface area contributed by atoms with E-state index in [9.17, 15) is 4.79 Å². The van der Waals surface area contributed by atoms with Gasteiger partial charge in [-0.1, -0.05) is 20.8 Å². The Kier molecular flexibility index (Phi) is 3.85. The van der Waals surface area contributed by atoms with Gasteiger partial charge in [0.2, 0.25) is 0 Å². The normalized spacial score (nSPS) is 12.8. The van der Waals surface area contributed by atoms with Crippen LogP contribution in [0.5, 0.6) is 0 Å². The highest BCUT2D eigenvalue weighted by atomic mass is 32.1. The largest absolute Gasteiger partial charge is 0.276 e. The van der Waals surface area contributed by atoms with Gasteiger partial charge in [-0.3, -0.25) is 9.36 Å². The SMILES string of the molecule is Cc1nccc(-n2cc(C)s/c2=N\C(=O)C(C)(C)C)n1. The molecule has 0 N–H and O–H groups in total. The molecule has 0 radical (unpaired) electrons. The highest BCUT2D eigenvalue weighted by Gasteiger charge is 2.21. The minimum Gasteiger partial charge on any atom is -0.276 e. The molecule has 0 aliphatic heterocycles. The van der Waals surface area contributed by atoms with Crippen molar-refractivity contribution in [2.24, 2.45) is 10.4 Å². The lowest BCUT2D eigenvalue weighted by atomic mass is 9.96. The van der Waals surface area contributed by atoms with Crippen LogP contribution >= 0.6 is 11.3 Å². The smallest absolute Gasteiger partial charge is 0.253 e. The molecule has 2 aromatic rings. The standard InChI is InChI=1S/C14H18N4OS/c1-9-8-18(11-6-7-15-10(2)16-11)13(20-9)17-12(19)14(3,4)5/h6-8H,1-5H3/b17-13-. The summed E-state index contributed by atoms with van der Waals surface area (Å²) in [4.78, 5) is 26.5. The Hall–Kier alpha value is -1.82. The molecule has 0 bridgehead atoms. The highest BCUT2D eigenvalue weighted by molar-refractivity contribution is 7.09. The number of carbonyl (C=O) groups is 1. The molecule has 0 aliphatic rings. The predicted octanol–water partition coefficient (Wildman–Crippen LogP) is 2.42. The third-order valence-electron chi connectivity index (χ3n) is 2.62. The van der Waals surface area contributed by atoms with Crippen LogP contribution < -0.4 is 4.80 Å². The van der Waals surface area contributed by atoms with Crippen molar-refractivity contribution >= 4 is 17.2 Å².